The fourth-order valence-electron chi connectivity index (χ4n) is 1.67. The summed E-state index contributed by atoms with van der Waals surface area (Å²) in [5.74, 6) is -3.46. The van der Waals surface area contributed by atoms with Crippen LogP contribution in [-0.2, 0) is 0 Å². The predicted octanol–water partition coefficient (Wildman–Crippen LogP) is 3.24. The molecular formula is C15H8F3NO2. The summed E-state index contributed by atoms with van der Waals surface area (Å²) in [6, 6.07) is 7.83. The van der Waals surface area contributed by atoms with Gasteiger partial charge in [0, 0.05) is 6.07 Å². The number of Topliss-reactive ketones (excluding diaryl/α,β-unsaturated/α-hetero) is 1. The van der Waals surface area contributed by atoms with E-state index < -0.39 is 29.8 Å². The van der Waals surface area contributed by atoms with E-state index in [0.717, 1.165) is 18.2 Å². The van der Waals surface area contributed by atoms with E-state index in [1.165, 1.54) is 12.1 Å². The van der Waals surface area contributed by atoms with Gasteiger partial charge in [0.25, 0.3) is 0 Å². The molecule has 0 aromatic heterocycles. The van der Waals surface area contributed by atoms with E-state index in [4.69, 9.17) is 10.00 Å². The van der Waals surface area contributed by atoms with Gasteiger partial charge in [-0.1, -0.05) is 6.07 Å². The zero-order chi connectivity index (χ0) is 15.4. The van der Waals surface area contributed by atoms with Crippen molar-refractivity contribution < 1.29 is 22.7 Å². The maximum Gasteiger partial charge on any atom is 0.203 e. The largest absolute Gasteiger partial charge is 0.484 e. The van der Waals surface area contributed by atoms with Crippen molar-refractivity contribution in [1.82, 2.24) is 0 Å². The predicted molar refractivity (Wildman–Crippen MR) is 67.3 cm³/mol. The first-order valence-corrected chi connectivity index (χ1v) is 5.82. The summed E-state index contributed by atoms with van der Waals surface area (Å²) in [6.07, 6.45) is 0. The number of ether oxygens (including phenoxy) is 1. The van der Waals surface area contributed by atoms with Gasteiger partial charge in [-0.15, -0.1) is 0 Å². The molecule has 0 aliphatic heterocycles. The Kier molecular flexibility index (Phi) is 4.24. The van der Waals surface area contributed by atoms with Crippen LogP contribution in [0.2, 0.25) is 0 Å². The third kappa shape index (κ3) is 3.20. The van der Waals surface area contributed by atoms with Gasteiger partial charge >= 0.3 is 0 Å². The number of benzene rings is 2. The lowest BCUT2D eigenvalue weighted by molar-refractivity contribution is 0.0917. The van der Waals surface area contributed by atoms with Crippen LogP contribution < -0.4 is 4.74 Å². The van der Waals surface area contributed by atoms with Crippen LogP contribution in [0.15, 0.2) is 36.4 Å². The molecule has 0 fully saturated rings. The van der Waals surface area contributed by atoms with Crippen LogP contribution in [0, 0.1) is 28.8 Å². The summed E-state index contributed by atoms with van der Waals surface area (Å²) in [7, 11) is 0. The van der Waals surface area contributed by atoms with Crippen molar-refractivity contribution in [3.8, 4) is 11.8 Å². The monoisotopic (exact) mass is 291 g/mol. The summed E-state index contributed by atoms with van der Waals surface area (Å²) >= 11 is 0. The van der Waals surface area contributed by atoms with Crippen LogP contribution in [-0.4, -0.2) is 12.4 Å². The summed E-state index contributed by atoms with van der Waals surface area (Å²) in [6.45, 7) is -0.597. The summed E-state index contributed by atoms with van der Waals surface area (Å²) in [4.78, 5) is 11.8. The van der Waals surface area contributed by atoms with Gasteiger partial charge in [0.05, 0.1) is 5.56 Å². The average molecular weight is 291 g/mol. The Bertz CT molecular complexity index is 738. The normalized spacial score (nSPS) is 10.0. The van der Waals surface area contributed by atoms with Crippen molar-refractivity contribution in [3.05, 3.63) is 65.0 Å². The number of hydrogen-bond acceptors (Lipinski definition) is 3. The van der Waals surface area contributed by atoms with Gasteiger partial charge in [0.2, 0.25) is 5.78 Å². The maximum absolute atomic E-state index is 13.4. The number of hydrogen-bond donors (Lipinski definition) is 0. The standard InChI is InChI=1S/C15H8F3NO2/c16-9-4-5-10(13(18)6-9)14(20)8-21-15-3-1-2-12(17)11(15)7-19/h1-6H,8H2. The molecule has 0 aliphatic carbocycles. The molecule has 0 radical (unpaired) electrons. The molecule has 0 amide bonds. The fourth-order valence-corrected chi connectivity index (χ4v) is 1.67. The molecule has 2 rings (SSSR count). The Balaban J connectivity index is 2.15. The van der Waals surface area contributed by atoms with Crippen molar-refractivity contribution in [2.75, 3.05) is 6.61 Å². The number of halogens is 3. The van der Waals surface area contributed by atoms with Gasteiger partial charge in [-0.05, 0) is 24.3 Å². The van der Waals surface area contributed by atoms with Crippen LogP contribution in [0.5, 0.6) is 5.75 Å². The Morgan fingerprint density at radius 2 is 1.90 bits per heavy atom. The summed E-state index contributed by atoms with van der Waals surface area (Å²) in [5.41, 5.74) is -0.684. The highest BCUT2D eigenvalue weighted by molar-refractivity contribution is 5.97. The van der Waals surface area contributed by atoms with E-state index in [9.17, 15) is 18.0 Å². The Labute approximate surface area is 118 Å². The second-order valence-corrected chi connectivity index (χ2v) is 4.06. The minimum Gasteiger partial charge on any atom is -0.484 e. The van der Waals surface area contributed by atoms with Gasteiger partial charge in [-0.25, -0.2) is 13.2 Å². The zero-order valence-corrected chi connectivity index (χ0v) is 10.6. The molecule has 0 spiro atoms. The number of ketones is 1. The third-order valence-electron chi connectivity index (χ3n) is 2.68. The second kappa shape index (κ2) is 6.09. The Morgan fingerprint density at radius 1 is 1.14 bits per heavy atom. The van der Waals surface area contributed by atoms with E-state index in [-0.39, 0.29) is 16.9 Å². The molecule has 0 bridgehead atoms. The molecule has 3 nitrogen and oxygen atoms in total. The first-order valence-electron chi connectivity index (χ1n) is 5.82. The van der Waals surface area contributed by atoms with E-state index in [2.05, 4.69) is 0 Å². The maximum atomic E-state index is 13.4. The smallest absolute Gasteiger partial charge is 0.203 e. The molecule has 106 valence electrons. The van der Waals surface area contributed by atoms with E-state index in [1.54, 1.807) is 6.07 Å². The lowest BCUT2D eigenvalue weighted by Gasteiger charge is -2.08. The Hall–Kier alpha value is -2.81. The van der Waals surface area contributed by atoms with Crippen LogP contribution >= 0.6 is 0 Å². The van der Waals surface area contributed by atoms with Crippen LogP contribution in [0.25, 0.3) is 0 Å². The molecule has 0 saturated heterocycles. The number of nitriles is 1. The first kappa shape index (κ1) is 14.6. The van der Waals surface area contributed by atoms with Gasteiger partial charge < -0.3 is 4.74 Å². The van der Waals surface area contributed by atoms with Crippen molar-refractivity contribution >= 4 is 5.78 Å². The van der Waals surface area contributed by atoms with Crippen LogP contribution in [0.3, 0.4) is 0 Å². The number of rotatable bonds is 4. The molecule has 21 heavy (non-hydrogen) atoms. The van der Waals surface area contributed by atoms with Gasteiger partial charge in [-0.3, -0.25) is 4.79 Å². The molecule has 0 aliphatic rings. The van der Waals surface area contributed by atoms with Gasteiger partial charge in [0.1, 0.15) is 34.8 Å². The van der Waals surface area contributed by atoms with Gasteiger partial charge in [0.15, 0.2) is 6.61 Å². The van der Waals surface area contributed by atoms with Crippen molar-refractivity contribution in [3.63, 3.8) is 0 Å². The molecular weight excluding hydrogens is 283 g/mol. The Morgan fingerprint density at radius 3 is 2.57 bits per heavy atom. The van der Waals surface area contributed by atoms with Crippen LogP contribution in [0.4, 0.5) is 13.2 Å². The highest BCUT2D eigenvalue weighted by Gasteiger charge is 2.15. The molecule has 0 N–H and O–H groups in total. The molecule has 2 aromatic rings. The molecule has 6 heteroatoms. The zero-order valence-electron chi connectivity index (χ0n) is 10.6. The lowest BCUT2D eigenvalue weighted by atomic mass is 10.1. The average Bonchev–Trinajstić information content (AvgIpc) is 2.44. The molecule has 0 atom stereocenters. The van der Waals surface area contributed by atoms with Gasteiger partial charge in [-0.2, -0.15) is 5.26 Å². The van der Waals surface area contributed by atoms with E-state index >= 15 is 0 Å². The minimum absolute atomic E-state index is 0.117. The fraction of sp³-hybridized carbons (Fsp3) is 0.0667. The number of nitrogens with zero attached hydrogens (tertiary/aromatic N) is 1. The highest BCUT2D eigenvalue weighted by atomic mass is 19.1. The van der Waals surface area contributed by atoms with Crippen molar-refractivity contribution in [2.45, 2.75) is 0 Å². The first-order chi connectivity index (χ1) is 10.0. The van der Waals surface area contributed by atoms with E-state index in [0.29, 0.717) is 6.07 Å². The van der Waals surface area contributed by atoms with E-state index in [1.807, 2.05) is 0 Å². The highest BCUT2D eigenvalue weighted by Crippen LogP contribution is 2.20. The third-order valence-corrected chi connectivity index (χ3v) is 2.68. The van der Waals surface area contributed by atoms with Crippen molar-refractivity contribution in [1.29, 1.82) is 5.26 Å². The topological polar surface area (TPSA) is 50.1 Å². The number of carbonyl (C=O) groups excluding carboxylic acids is 1. The molecule has 0 saturated carbocycles. The lowest BCUT2D eigenvalue weighted by Crippen LogP contribution is -2.14. The number of carbonyl (C=O) groups is 1. The minimum atomic E-state index is -1.01. The summed E-state index contributed by atoms with van der Waals surface area (Å²) < 4.78 is 44.5. The second-order valence-electron chi connectivity index (χ2n) is 4.06. The van der Waals surface area contributed by atoms with Crippen molar-refractivity contribution in [2.24, 2.45) is 0 Å². The molecule has 0 unspecified atom stereocenters. The molecule has 2 aromatic carbocycles. The molecule has 0 heterocycles. The quantitative estimate of drug-likeness (QED) is 0.813. The SMILES string of the molecule is N#Cc1c(F)cccc1OCC(=O)c1ccc(F)cc1F. The van der Waals surface area contributed by atoms with Crippen LogP contribution in [0.1, 0.15) is 15.9 Å². The summed E-state index contributed by atoms with van der Waals surface area (Å²) in [5, 5.41) is 8.80.